The molecular weight excluding hydrogens is 1080 g/mol. The number of amides is 1. The number of carbonyl (C=O) groups excluding carboxylic acids is 1. The lowest BCUT2D eigenvalue weighted by Gasteiger charge is -2.40. The van der Waals surface area contributed by atoms with Crippen molar-refractivity contribution < 1.29 is 39.8 Å². The van der Waals surface area contributed by atoms with Gasteiger partial charge in [0.05, 0.1) is 25.4 Å². The molecule has 0 aromatic rings. The van der Waals surface area contributed by atoms with Gasteiger partial charge in [0.25, 0.3) is 0 Å². The molecular formula is C78H133NO8. The van der Waals surface area contributed by atoms with E-state index >= 15 is 0 Å². The van der Waals surface area contributed by atoms with E-state index in [2.05, 4.69) is 141 Å². The quantitative estimate of drug-likeness (QED) is 0.0261. The van der Waals surface area contributed by atoms with Crippen LogP contribution >= 0.6 is 0 Å². The molecule has 6 N–H and O–H groups in total. The number of unbranched alkanes of at least 4 members (excludes halogenated alkanes) is 31. The minimum atomic E-state index is -1.58. The Kier molecular flexibility index (Phi) is 61.0. The number of aliphatic hydroxyl groups is 5. The van der Waals surface area contributed by atoms with Crippen molar-refractivity contribution in [2.45, 2.75) is 339 Å². The Hall–Kier alpha value is -3.67. The number of allylic oxidation sites excluding steroid dienone is 21. The molecule has 1 heterocycles. The van der Waals surface area contributed by atoms with Crippen molar-refractivity contribution in [3.63, 3.8) is 0 Å². The predicted octanol–water partition coefficient (Wildman–Crippen LogP) is 20.0. The maximum Gasteiger partial charge on any atom is 0.220 e. The summed E-state index contributed by atoms with van der Waals surface area (Å²) in [5, 5.41) is 54.8. The molecule has 0 aromatic carbocycles. The first kappa shape index (κ1) is 81.3. The molecule has 0 aromatic heterocycles. The molecule has 1 fully saturated rings. The van der Waals surface area contributed by atoms with Crippen LogP contribution in [0, 0.1) is 0 Å². The third-order valence-electron chi connectivity index (χ3n) is 16.2. The van der Waals surface area contributed by atoms with Crippen LogP contribution in [0.3, 0.4) is 0 Å². The molecule has 1 amide bonds. The summed E-state index contributed by atoms with van der Waals surface area (Å²) in [5.41, 5.74) is 0. The summed E-state index contributed by atoms with van der Waals surface area (Å²) in [7, 11) is 0. The highest BCUT2D eigenvalue weighted by Gasteiger charge is 2.44. The summed E-state index contributed by atoms with van der Waals surface area (Å²) in [6.07, 6.45) is 92.7. The van der Waals surface area contributed by atoms with Crippen LogP contribution in [0.2, 0.25) is 0 Å². The van der Waals surface area contributed by atoms with Crippen molar-refractivity contribution in [3.8, 4) is 0 Å². The van der Waals surface area contributed by atoms with Crippen LogP contribution < -0.4 is 5.32 Å². The topological polar surface area (TPSA) is 149 Å². The van der Waals surface area contributed by atoms with Crippen LogP contribution in [0.15, 0.2) is 134 Å². The second kappa shape index (κ2) is 65.3. The minimum absolute atomic E-state index is 0.214. The van der Waals surface area contributed by atoms with E-state index in [1.54, 1.807) is 6.08 Å². The van der Waals surface area contributed by atoms with Gasteiger partial charge in [-0.3, -0.25) is 4.79 Å². The number of carbonyl (C=O) groups is 1. The fourth-order valence-corrected chi connectivity index (χ4v) is 10.7. The molecule has 1 aliphatic heterocycles. The maximum absolute atomic E-state index is 13.1. The number of rotatable bonds is 61. The molecule has 0 bridgehead atoms. The first-order chi connectivity index (χ1) is 42.8. The van der Waals surface area contributed by atoms with Crippen molar-refractivity contribution in [2.24, 2.45) is 0 Å². The van der Waals surface area contributed by atoms with Crippen molar-refractivity contribution in [1.29, 1.82) is 0 Å². The molecule has 498 valence electrons. The van der Waals surface area contributed by atoms with Crippen LogP contribution in [-0.4, -0.2) is 87.5 Å². The van der Waals surface area contributed by atoms with Gasteiger partial charge in [0.15, 0.2) is 6.29 Å². The van der Waals surface area contributed by atoms with E-state index in [0.717, 1.165) is 96.3 Å². The second-order valence-corrected chi connectivity index (χ2v) is 24.3. The molecule has 1 rings (SSSR count). The van der Waals surface area contributed by atoms with E-state index in [1.165, 1.54) is 173 Å². The monoisotopic (exact) mass is 1210 g/mol. The van der Waals surface area contributed by atoms with Gasteiger partial charge in [0, 0.05) is 6.42 Å². The van der Waals surface area contributed by atoms with Gasteiger partial charge in [-0.05, 0) is 96.3 Å². The molecule has 1 saturated heterocycles. The third kappa shape index (κ3) is 53.8. The molecule has 9 heteroatoms. The lowest BCUT2D eigenvalue weighted by molar-refractivity contribution is -0.302. The average molecular weight is 1210 g/mol. The normalized spacial score (nSPS) is 18.8. The average Bonchev–Trinajstić information content (AvgIpc) is 3.38. The van der Waals surface area contributed by atoms with Gasteiger partial charge in [0.2, 0.25) is 5.91 Å². The van der Waals surface area contributed by atoms with Crippen molar-refractivity contribution >= 4 is 5.91 Å². The highest BCUT2D eigenvalue weighted by Crippen LogP contribution is 2.23. The van der Waals surface area contributed by atoms with Crippen molar-refractivity contribution in [3.05, 3.63) is 134 Å². The van der Waals surface area contributed by atoms with Gasteiger partial charge < -0.3 is 40.3 Å². The Balaban J connectivity index is 2.20. The van der Waals surface area contributed by atoms with Gasteiger partial charge in [-0.15, -0.1) is 0 Å². The summed E-state index contributed by atoms with van der Waals surface area (Å²) in [5.74, 6) is -0.221. The summed E-state index contributed by atoms with van der Waals surface area (Å²) < 4.78 is 11.3. The minimum Gasteiger partial charge on any atom is -0.394 e. The molecule has 0 radical (unpaired) electrons. The number of ether oxygens (including phenoxy) is 2. The van der Waals surface area contributed by atoms with Crippen LogP contribution in [0.5, 0.6) is 0 Å². The molecule has 0 saturated carbocycles. The highest BCUT2D eigenvalue weighted by molar-refractivity contribution is 5.76. The lowest BCUT2D eigenvalue weighted by atomic mass is 9.99. The first-order valence-corrected chi connectivity index (χ1v) is 35.9. The third-order valence-corrected chi connectivity index (χ3v) is 16.2. The van der Waals surface area contributed by atoms with Crippen LogP contribution in [0.25, 0.3) is 0 Å². The SMILES string of the molecule is CC/C=C\C/C=C\C/C=C\C/C=C\C/C=C\C/C=C\C/C=C\C/C=C\C/C=C\C/C=C\CCCCC(=O)NC(COC1OC(CO)C(O)C(O)C1O)C(O)/C=C/CCCCCCCCCCCCCCCCCCCCCCCCCCCCCCC. The molecule has 0 spiro atoms. The Morgan fingerprint density at radius 3 is 1.06 bits per heavy atom. The van der Waals surface area contributed by atoms with Crippen LogP contribution in [-0.2, 0) is 14.3 Å². The van der Waals surface area contributed by atoms with Gasteiger partial charge in [0.1, 0.15) is 24.4 Å². The summed E-state index contributed by atoms with van der Waals surface area (Å²) in [4.78, 5) is 13.1. The standard InChI is InChI=1S/C78H133NO8/c1-3-5-7-9-11-13-15-17-19-21-23-25-27-29-31-33-35-36-38-40-42-44-46-48-50-52-54-56-58-60-62-64-66-68-74(82)79-71(70-86-78-77(85)76(84)75(83)73(69-80)87-78)72(81)67-65-63-61-59-57-55-53-51-49-47-45-43-41-39-37-34-32-30-28-26-24-22-20-18-16-14-12-10-8-6-4-2/h5,7,11,13,17,19,23,25,29,31,35-36,40,42,46,48,52,54,58,60,65,67,71-73,75-78,80-81,83-85H,3-4,6,8-10,12,14-16,18,20-22,24,26-28,30,32-34,37-39,41,43-45,47,49-51,53,55-57,59,61-64,66,68-70H2,1-2H3,(H,79,82)/b7-5-,13-11-,19-17-,25-23-,31-29-,36-35-,42-40-,48-46-,54-52-,60-58-,67-65+. The molecule has 9 nitrogen and oxygen atoms in total. The number of nitrogens with one attached hydrogen (secondary N) is 1. The fourth-order valence-electron chi connectivity index (χ4n) is 10.7. The van der Waals surface area contributed by atoms with Gasteiger partial charge >= 0.3 is 0 Å². The summed E-state index contributed by atoms with van der Waals surface area (Å²) in [6.45, 7) is 3.66. The molecule has 0 aliphatic carbocycles. The zero-order valence-corrected chi connectivity index (χ0v) is 55.7. The Morgan fingerprint density at radius 2 is 0.713 bits per heavy atom. The Labute approximate surface area is 534 Å². The molecule has 7 atom stereocenters. The van der Waals surface area contributed by atoms with Gasteiger partial charge in [-0.25, -0.2) is 0 Å². The van der Waals surface area contributed by atoms with Gasteiger partial charge in [-0.1, -0.05) is 327 Å². The van der Waals surface area contributed by atoms with Crippen molar-refractivity contribution in [1.82, 2.24) is 5.32 Å². The lowest BCUT2D eigenvalue weighted by Crippen LogP contribution is -2.60. The number of aliphatic hydroxyl groups excluding tert-OH is 5. The van der Waals surface area contributed by atoms with E-state index in [0.29, 0.717) is 6.42 Å². The fraction of sp³-hybridized carbons (Fsp3) is 0.705. The Bertz CT molecular complexity index is 1840. The first-order valence-electron chi connectivity index (χ1n) is 35.9. The van der Waals surface area contributed by atoms with Crippen LogP contribution in [0.4, 0.5) is 0 Å². The predicted molar refractivity (Wildman–Crippen MR) is 373 cm³/mol. The number of hydrogen-bond acceptors (Lipinski definition) is 8. The summed E-state index contributed by atoms with van der Waals surface area (Å²) >= 11 is 0. The molecule has 7 unspecified atom stereocenters. The molecule has 1 aliphatic rings. The molecule has 87 heavy (non-hydrogen) atoms. The van der Waals surface area contributed by atoms with Crippen molar-refractivity contribution in [2.75, 3.05) is 13.2 Å². The number of hydrogen-bond donors (Lipinski definition) is 6. The zero-order chi connectivity index (χ0) is 62.8. The second-order valence-electron chi connectivity index (χ2n) is 24.3. The van der Waals surface area contributed by atoms with Gasteiger partial charge in [-0.2, -0.15) is 0 Å². The Morgan fingerprint density at radius 1 is 0.402 bits per heavy atom. The highest BCUT2D eigenvalue weighted by atomic mass is 16.7. The summed E-state index contributed by atoms with van der Waals surface area (Å²) in [6, 6.07) is -0.841. The van der Waals surface area contributed by atoms with E-state index < -0.39 is 49.5 Å². The van der Waals surface area contributed by atoms with E-state index in [1.807, 2.05) is 6.08 Å². The zero-order valence-electron chi connectivity index (χ0n) is 55.7. The van der Waals surface area contributed by atoms with E-state index in [-0.39, 0.29) is 18.9 Å². The van der Waals surface area contributed by atoms with E-state index in [9.17, 15) is 30.3 Å². The largest absolute Gasteiger partial charge is 0.394 e. The van der Waals surface area contributed by atoms with E-state index in [4.69, 9.17) is 9.47 Å². The van der Waals surface area contributed by atoms with Crippen LogP contribution in [0.1, 0.15) is 296 Å². The smallest absolute Gasteiger partial charge is 0.220 e. The maximum atomic E-state index is 13.1.